The molecule has 76 valence electrons. The molecule has 0 N–H and O–H groups in total. The Hall–Kier alpha value is -2.11. The summed E-state index contributed by atoms with van der Waals surface area (Å²) >= 11 is 0. The second kappa shape index (κ2) is 3.56. The fraction of sp³-hybridized carbons (Fsp3) is 0.222. The Morgan fingerprint density at radius 3 is 2.53 bits per heavy atom. The fourth-order valence-corrected chi connectivity index (χ4v) is 1.10. The van der Waals surface area contributed by atoms with Crippen molar-refractivity contribution in [2.24, 2.45) is 7.05 Å². The third-order valence-corrected chi connectivity index (χ3v) is 1.90. The van der Waals surface area contributed by atoms with E-state index in [4.69, 9.17) is 0 Å². The lowest BCUT2D eigenvalue weighted by molar-refractivity contribution is 0.101. The summed E-state index contributed by atoms with van der Waals surface area (Å²) in [7, 11) is 1.70. The summed E-state index contributed by atoms with van der Waals surface area (Å²) in [6.07, 6.45) is 4.65. The molecule has 0 saturated heterocycles. The Kier molecular flexibility index (Phi) is 2.24. The number of rotatable bonds is 2. The van der Waals surface area contributed by atoms with Crippen molar-refractivity contribution in [1.82, 2.24) is 24.7 Å². The third kappa shape index (κ3) is 1.74. The van der Waals surface area contributed by atoms with Crippen LogP contribution >= 0.6 is 0 Å². The summed E-state index contributed by atoms with van der Waals surface area (Å²) in [6.45, 7) is 1.86. The van der Waals surface area contributed by atoms with E-state index in [-0.39, 0.29) is 17.4 Å². The summed E-state index contributed by atoms with van der Waals surface area (Å²) in [5.74, 6) is 0.0468. The zero-order chi connectivity index (χ0) is 10.8. The van der Waals surface area contributed by atoms with Gasteiger partial charge in [-0.1, -0.05) is 0 Å². The van der Waals surface area contributed by atoms with E-state index < -0.39 is 0 Å². The summed E-state index contributed by atoms with van der Waals surface area (Å²) in [5.41, 5.74) is 0.907. The van der Waals surface area contributed by atoms with Crippen molar-refractivity contribution in [1.29, 1.82) is 0 Å². The first-order valence-electron chi connectivity index (χ1n) is 4.36. The monoisotopic (exact) mass is 203 g/mol. The Labute approximate surface area is 86.0 Å². The first kappa shape index (κ1) is 9.45. The molecule has 0 aliphatic rings. The van der Waals surface area contributed by atoms with Gasteiger partial charge in [-0.3, -0.25) is 4.79 Å². The lowest BCUT2D eigenvalue weighted by Gasteiger charge is -1.98. The van der Waals surface area contributed by atoms with Gasteiger partial charge in [-0.05, 0) is 12.5 Å². The van der Waals surface area contributed by atoms with E-state index in [2.05, 4.69) is 20.2 Å². The van der Waals surface area contributed by atoms with Gasteiger partial charge in [-0.2, -0.15) is 0 Å². The van der Waals surface area contributed by atoms with Gasteiger partial charge in [0.1, 0.15) is 6.33 Å². The SMILES string of the molecule is Cc1cnc(C(=O)c2nncn2C)nc1. The smallest absolute Gasteiger partial charge is 0.267 e. The molecule has 6 heteroatoms. The number of carbonyl (C=O) groups is 1. The van der Waals surface area contributed by atoms with E-state index in [1.165, 1.54) is 10.9 Å². The molecule has 2 rings (SSSR count). The summed E-state index contributed by atoms with van der Waals surface area (Å²) < 4.78 is 1.53. The van der Waals surface area contributed by atoms with Crippen molar-refractivity contribution < 1.29 is 4.79 Å². The van der Waals surface area contributed by atoms with Crippen molar-refractivity contribution >= 4 is 5.78 Å². The number of hydrogen-bond donors (Lipinski definition) is 0. The molecule has 0 aromatic carbocycles. The van der Waals surface area contributed by atoms with Gasteiger partial charge in [0.15, 0.2) is 0 Å². The maximum absolute atomic E-state index is 11.8. The van der Waals surface area contributed by atoms with Crippen LogP contribution in [0, 0.1) is 6.92 Å². The topological polar surface area (TPSA) is 73.6 Å². The van der Waals surface area contributed by atoms with Crippen molar-refractivity contribution in [3.05, 3.63) is 35.9 Å². The number of aromatic nitrogens is 5. The number of hydrogen-bond acceptors (Lipinski definition) is 5. The van der Waals surface area contributed by atoms with E-state index in [0.717, 1.165) is 5.56 Å². The molecule has 0 radical (unpaired) electrons. The molecule has 2 aromatic rings. The Bertz CT molecular complexity index is 487. The lowest BCUT2D eigenvalue weighted by atomic mass is 10.3. The van der Waals surface area contributed by atoms with Gasteiger partial charge in [0.05, 0.1) is 0 Å². The van der Waals surface area contributed by atoms with Gasteiger partial charge in [-0.25, -0.2) is 9.97 Å². The number of aryl methyl sites for hydroxylation is 2. The predicted octanol–water partition coefficient (Wildman–Crippen LogP) is 0.145. The summed E-state index contributed by atoms with van der Waals surface area (Å²) in [6, 6.07) is 0. The maximum Gasteiger partial charge on any atom is 0.267 e. The number of carbonyl (C=O) groups excluding carboxylic acids is 1. The molecule has 0 amide bonds. The zero-order valence-electron chi connectivity index (χ0n) is 8.38. The van der Waals surface area contributed by atoms with Gasteiger partial charge in [0.25, 0.3) is 5.78 Å². The van der Waals surface area contributed by atoms with Gasteiger partial charge < -0.3 is 4.57 Å². The van der Waals surface area contributed by atoms with E-state index in [9.17, 15) is 4.79 Å². The third-order valence-electron chi connectivity index (χ3n) is 1.90. The van der Waals surface area contributed by atoms with Gasteiger partial charge in [0.2, 0.25) is 11.6 Å². The molecule has 6 nitrogen and oxygen atoms in total. The highest BCUT2D eigenvalue weighted by atomic mass is 16.1. The van der Waals surface area contributed by atoms with E-state index in [1.54, 1.807) is 19.4 Å². The maximum atomic E-state index is 11.8. The van der Waals surface area contributed by atoms with Crippen LogP contribution in [0.3, 0.4) is 0 Å². The lowest BCUT2D eigenvalue weighted by Crippen LogP contribution is -2.12. The van der Waals surface area contributed by atoms with Crippen LogP contribution in [0.4, 0.5) is 0 Å². The van der Waals surface area contributed by atoms with Crippen LogP contribution in [0.2, 0.25) is 0 Å². The van der Waals surface area contributed by atoms with Crippen LogP contribution in [0.1, 0.15) is 22.0 Å². The minimum atomic E-state index is -0.324. The van der Waals surface area contributed by atoms with E-state index >= 15 is 0 Å². The van der Waals surface area contributed by atoms with Gasteiger partial charge in [0, 0.05) is 19.4 Å². The van der Waals surface area contributed by atoms with Crippen LogP contribution < -0.4 is 0 Å². The Balaban J connectivity index is 2.37. The van der Waals surface area contributed by atoms with Crippen LogP contribution in [0.25, 0.3) is 0 Å². The van der Waals surface area contributed by atoms with Crippen molar-refractivity contribution in [3.8, 4) is 0 Å². The average molecular weight is 203 g/mol. The first-order chi connectivity index (χ1) is 7.18. The van der Waals surface area contributed by atoms with Crippen LogP contribution in [-0.2, 0) is 7.05 Å². The molecule has 0 atom stereocenters. The fourth-order valence-electron chi connectivity index (χ4n) is 1.10. The highest BCUT2D eigenvalue weighted by molar-refractivity contribution is 6.03. The van der Waals surface area contributed by atoms with Crippen LogP contribution in [-0.4, -0.2) is 30.5 Å². The molecule has 2 heterocycles. The predicted molar refractivity (Wildman–Crippen MR) is 51.2 cm³/mol. The highest BCUT2D eigenvalue weighted by Gasteiger charge is 2.16. The van der Waals surface area contributed by atoms with Crippen LogP contribution in [0.5, 0.6) is 0 Å². The Morgan fingerprint density at radius 1 is 1.33 bits per heavy atom. The molecule has 2 aromatic heterocycles. The van der Waals surface area contributed by atoms with Gasteiger partial charge in [-0.15, -0.1) is 10.2 Å². The summed E-state index contributed by atoms with van der Waals surface area (Å²) in [5, 5.41) is 7.32. The van der Waals surface area contributed by atoms with Crippen molar-refractivity contribution in [2.75, 3.05) is 0 Å². The van der Waals surface area contributed by atoms with E-state index in [0.29, 0.717) is 0 Å². The highest BCUT2D eigenvalue weighted by Crippen LogP contribution is 2.01. The second-order valence-electron chi connectivity index (χ2n) is 3.18. The van der Waals surface area contributed by atoms with Gasteiger partial charge >= 0.3 is 0 Å². The summed E-state index contributed by atoms with van der Waals surface area (Å²) in [4.78, 5) is 19.7. The first-order valence-corrected chi connectivity index (χ1v) is 4.36. The molecular formula is C9H9N5O. The van der Waals surface area contributed by atoms with Crippen molar-refractivity contribution in [2.45, 2.75) is 6.92 Å². The molecule has 0 fully saturated rings. The second-order valence-corrected chi connectivity index (χ2v) is 3.18. The largest absolute Gasteiger partial charge is 0.314 e. The zero-order valence-corrected chi connectivity index (χ0v) is 8.38. The number of ketones is 1. The Morgan fingerprint density at radius 2 is 2.00 bits per heavy atom. The molecule has 0 bridgehead atoms. The molecule has 0 aliphatic carbocycles. The minimum Gasteiger partial charge on any atom is -0.314 e. The molecule has 0 saturated carbocycles. The molecular weight excluding hydrogens is 194 g/mol. The number of nitrogens with zero attached hydrogens (tertiary/aromatic N) is 5. The quantitative estimate of drug-likeness (QED) is 0.649. The van der Waals surface area contributed by atoms with E-state index in [1.807, 2.05) is 6.92 Å². The standard InChI is InChI=1S/C9H9N5O/c1-6-3-10-8(11-4-6)7(15)9-13-12-5-14(9)2/h3-5H,1-2H3. The molecule has 0 aliphatic heterocycles. The molecule has 15 heavy (non-hydrogen) atoms. The minimum absolute atomic E-state index is 0.136. The average Bonchev–Trinajstić information content (AvgIpc) is 2.65. The molecule has 0 unspecified atom stereocenters. The van der Waals surface area contributed by atoms with Crippen LogP contribution in [0.15, 0.2) is 18.7 Å². The van der Waals surface area contributed by atoms with Crippen molar-refractivity contribution in [3.63, 3.8) is 0 Å². The molecule has 0 spiro atoms. The normalized spacial score (nSPS) is 10.3.